The van der Waals surface area contributed by atoms with Crippen molar-refractivity contribution in [1.82, 2.24) is 4.72 Å². The van der Waals surface area contributed by atoms with Crippen LogP contribution in [0.1, 0.15) is 18.0 Å². The first-order valence-electron chi connectivity index (χ1n) is 6.64. The summed E-state index contributed by atoms with van der Waals surface area (Å²) in [6.45, 7) is 0. The number of sulfonamides is 1. The highest BCUT2D eigenvalue weighted by molar-refractivity contribution is 7.89. The maximum absolute atomic E-state index is 12.6. The number of hydrogen-bond donors (Lipinski definition) is 2. The molecule has 0 bridgehead atoms. The lowest BCUT2D eigenvalue weighted by atomic mass is 10.1. The van der Waals surface area contributed by atoms with E-state index in [-0.39, 0.29) is 20.0 Å². The van der Waals surface area contributed by atoms with Gasteiger partial charge in [0.05, 0.1) is 17.5 Å². The first-order chi connectivity index (χ1) is 11.2. The zero-order valence-electron chi connectivity index (χ0n) is 12.0. The third-order valence-electron chi connectivity index (χ3n) is 3.14. The van der Waals surface area contributed by atoms with E-state index in [1.54, 1.807) is 24.3 Å². The fourth-order valence-corrected chi connectivity index (χ4v) is 4.33. The molecule has 24 heavy (non-hydrogen) atoms. The second-order valence-corrected chi connectivity index (χ2v) is 7.80. The Balaban J connectivity index is 2.44. The standard InChI is InChI=1S/C15H12Cl3NO4S/c16-9-5-6-12(18)14(7-9)24(22,23)19-13(8-15(20)21)10-3-1-2-4-11(10)17/h1-7,13,19H,8H2,(H,20,21)/t13-/m1/s1. The molecule has 2 N–H and O–H groups in total. The Bertz CT molecular complexity index is 871. The zero-order valence-corrected chi connectivity index (χ0v) is 15.1. The summed E-state index contributed by atoms with van der Waals surface area (Å²) in [5.41, 5.74) is 0.350. The van der Waals surface area contributed by atoms with Crippen LogP contribution in [0.3, 0.4) is 0 Å². The molecule has 0 radical (unpaired) electrons. The minimum Gasteiger partial charge on any atom is -0.481 e. The first-order valence-corrected chi connectivity index (χ1v) is 9.26. The molecule has 9 heteroatoms. The molecule has 0 aliphatic carbocycles. The predicted molar refractivity (Wildman–Crippen MR) is 93.2 cm³/mol. The fourth-order valence-electron chi connectivity index (χ4n) is 2.08. The van der Waals surface area contributed by atoms with Crippen LogP contribution < -0.4 is 4.72 Å². The van der Waals surface area contributed by atoms with Crippen LogP contribution in [-0.4, -0.2) is 19.5 Å². The fraction of sp³-hybridized carbons (Fsp3) is 0.133. The van der Waals surface area contributed by atoms with Gasteiger partial charge in [0.15, 0.2) is 0 Å². The number of carboxylic acid groups (broad SMARTS) is 1. The number of nitrogens with one attached hydrogen (secondary N) is 1. The SMILES string of the molecule is O=C(O)C[C@@H](NS(=O)(=O)c1cc(Cl)ccc1Cl)c1ccccc1Cl. The van der Waals surface area contributed by atoms with Crippen molar-refractivity contribution in [3.8, 4) is 0 Å². The molecule has 0 aromatic heterocycles. The van der Waals surface area contributed by atoms with E-state index in [0.717, 1.165) is 0 Å². The minimum atomic E-state index is -4.11. The summed E-state index contributed by atoms with van der Waals surface area (Å²) in [6, 6.07) is 9.33. The molecule has 0 saturated heterocycles. The molecule has 1 atom stereocenters. The van der Waals surface area contributed by atoms with Crippen molar-refractivity contribution in [2.75, 3.05) is 0 Å². The highest BCUT2D eigenvalue weighted by atomic mass is 35.5. The van der Waals surface area contributed by atoms with Crippen molar-refractivity contribution < 1.29 is 18.3 Å². The van der Waals surface area contributed by atoms with Gasteiger partial charge in [-0.3, -0.25) is 4.79 Å². The summed E-state index contributed by atoms with van der Waals surface area (Å²) in [7, 11) is -4.11. The van der Waals surface area contributed by atoms with Gasteiger partial charge in [0.1, 0.15) is 4.90 Å². The molecule has 2 aromatic carbocycles. The molecule has 2 rings (SSSR count). The predicted octanol–water partition coefficient (Wildman–Crippen LogP) is 4.14. The van der Waals surface area contributed by atoms with Gasteiger partial charge >= 0.3 is 5.97 Å². The average molecular weight is 409 g/mol. The van der Waals surface area contributed by atoms with Gasteiger partial charge in [0, 0.05) is 10.0 Å². The lowest BCUT2D eigenvalue weighted by molar-refractivity contribution is -0.137. The largest absolute Gasteiger partial charge is 0.481 e. The van der Waals surface area contributed by atoms with Crippen molar-refractivity contribution in [2.24, 2.45) is 0 Å². The van der Waals surface area contributed by atoms with E-state index in [4.69, 9.17) is 39.9 Å². The summed E-state index contributed by atoms with van der Waals surface area (Å²) >= 11 is 17.8. The Hall–Kier alpha value is -1.31. The highest BCUT2D eigenvalue weighted by Gasteiger charge is 2.26. The van der Waals surface area contributed by atoms with Crippen LogP contribution >= 0.6 is 34.8 Å². The smallest absolute Gasteiger partial charge is 0.305 e. The number of halogens is 3. The summed E-state index contributed by atoms with van der Waals surface area (Å²) < 4.78 is 27.5. The number of rotatable bonds is 6. The molecule has 2 aromatic rings. The molecule has 0 fully saturated rings. The number of benzene rings is 2. The number of carbonyl (C=O) groups is 1. The Labute approximate surface area is 154 Å². The molecule has 128 valence electrons. The van der Waals surface area contributed by atoms with Gasteiger partial charge in [0.2, 0.25) is 10.0 Å². The van der Waals surface area contributed by atoms with Crippen LogP contribution in [0.2, 0.25) is 15.1 Å². The van der Waals surface area contributed by atoms with Crippen LogP contribution in [0.15, 0.2) is 47.4 Å². The van der Waals surface area contributed by atoms with Gasteiger partial charge in [-0.25, -0.2) is 13.1 Å². The van der Waals surface area contributed by atoms with Crippen LogP contribution in [0.25, 0.3) is 0 Å². The Morgan fingerprint density at radius 1 is 1.08 bits per heavy atom. The summed E-state index contributed by atoms with van der Waals surface area (Å²) in [4.78, 5) is 10.9. The Morgan fingerprint density at radius 3 is 2.38 bits per heavy atom. The van der Waals surface area contributed by atoms with Crippen molar-refractivity contribution >= 4 is 50.8 Å². The molecule has 0 unspecified atom stereocenters. The molecule has 0 aliphatic heterocycles. The van der Waals surface area contributed by atoms with E-state index in [9.17, 15) is 13.2 Å². The summed E-state index contributed by atoms with van der Waals surface area (Å²) in [5.74, 6) is -1.18. The van der Waals surface area contributed by atoms with E-state index in [1.165, 1.54) is 18.2 Å². The topological polar surface area (TPSA) is 83.5 Å². The molecule has 0 heterocycles. The number of carboxylic acids is 1. The highest BCUT2D eigenvalue weighted by Crippen LogP contribution is 2.30. The van der Waals surface area contributed by atoms with Crippen LogP contribution in [0, 0.1) is 0 Å². The second-order valence-electron chi connectivity index (χ2n) is 4.87. The normalized spacial score (nSPS) is 12.8. The van der Waals surface area contributed by atoms with Crippen LogP contribution in [-0.2, 0) is 14.8 Å². The minimum absolute atomic E-state index is 0.0277. The summed E-state index contributed by atoms with van der Waals surface area (Å²) in [6.07, 6.45) is -0.485. The van der Waals surface area contributed by atoms with Gasteiger partial charge < -0.3 is 5.11 Å². The lowest BCUT2D eigenvalue weighted by Gasteiger charge is -2.19. The molecule has 0 aliphatic rings. The van der Waals surface area contributed by atoms with Crippen LogP contribution in [0.5, 0.6) is 0 Å². The van der Waals surface area contributed by atoms with Crippen LogP contribution in [0.4, 0.5) is 0 Å². The molecular formula is C15H12Cl3NO4S. The third-order valence-corrected chi connectivity index (χ3v) is 5.67. The third kappa shape index (κ3) is 4.62. The van der Waals surface area contributed by atoms with Crippen molar-refractivity contribution in [3.63, 3.8) is 0 Å². The molecule has 0 spiro atoms. The van der Waals surface area contributed by atoms with E-state index in [1.807, 2.05) is 0 Å². The lowest BCUT2D eigenvalue weighted by Crippen LogP contribution is -2.30. The molecular weight excluding hydrogens is 397 g/mol. The molecule has 0 amide bonds. The van der Waals surface area contributed by atoms with Gasteiger partial charge in [-0.2, -0.15) is 0 Å². The van der Waals surface area contributed by atoms with E-state index in [2.05, 4.69) is 4.72 Å². The molecule has 0 saturated carbocycles. The monoisotopic (exact) mass is 407 g/mol. The maximum atomic E-state index is 12.6. The number of hydrogen-bond acceptors (Lipinski definition) is 3. The van der Waals surface area contributed by atoms with Gasteiger partial charge in [-0.05, 0) is 29.8 Å². The maximum Gasteiger partial charge on any atom is 0.305 e. The van der Waals surface area contributed by atoms with E-state index < -0.39 is 28.5 Å². The first kappa shape index (κ1) is 19.0. The van der Waals surface area contributed by atoms with Crippen molar-refractivity contribution in [3.05, 3.63) is 63.1 Å². The Morgan fingerprint density at radius 2 is 1.75 bits per heavy atom. The average Bonchev–Trinajstić information content (AvgIpc) is 2.48. The van der Waals surface area contributed by atoms with E-state index >= 15 is 0 Å². The molecule has 5 nitrogen and oxygen atoms in total. The number of aliphatic carboxylic acids is 1. The second kappa shape index (κ2) is 7.72. The quantitative estimate of drug-likeness (QED) is 0.752. The van der Waals surface area contributed by atoms with Gasteiger partial charge in [-0.1, -0.05) is 53.0 Å². The van der Waals surface area contributed by atoms with Gasteiger partial charge in [-0.15, -0.1) is 0 Å². The Kier molecular flexibility index (Phi) is 6.11. The van der Waals surface area contributed by atoms with E-state index in [0.29, 0.717) is 5.56 Å². The zero-order chi connectivity index (χ0) is 17.9. The van der Waals surface area contributed by atoms with Gasteiger partial charge in [0.25, 0.3) is 0 Å². The summed E-state index contributed by atoms with van der Waals surface area (Å²) in [5, 5.41) is 9.49. The van der Waals surface area contributed by atoms with Crippen molar-refractivity contribution in [2.45, 2.75) is 17.4 Å². The van der Waals surface area contributed by atoms with Crippen molar-refractivity contribution in [1.29, 1.82) is 0 Å².